The van der Waals surface area contributed by atoms with Crippen LogP contribution in [0.2, 0.25) is 0 Å². The average molecular weight is 222 g/mol. The molecule has 3 heteroatoms. The molecule has 0 spiro atoms. The van der Waals surface area contributed by atoms with E-state index in [4.69, 9.17) is 9.84 Å². The molecule has 1 aliphatic carbocycles. The molecule has 1 fully saturated rings. The van der Waals surface area contributed by atoms with E-state index in [9.17, 15) is 5.11 Å². The highest BCUT2D eigenvalue weighted by Crippen LogP contribution is 2.40. The van der Waals surface area contributed by atoms with Crippen LogP contribution in [0, 0.1) is 11.8 Å². The summed E-state index contributed by atoms with van der Waals surface area (Å²) in [5, 5.41) is 18.6. The van der Waals surface area contributed by atoms with E-state index in [2.05, 4.69) is 0 Å². The van der Waals surface area contributed by atoms with E-state index < -0.39 is 6.10 Å². The summed E-state index contributed by atoms with van der Waals surface area (Å²) in [5.41, 5.74) is 1.12. The second-order valence-corrected chi connectivity index (χ2v) is 4.41. The summed E-state index contributed by atoms with van der Waals surface area (Å²) in [7, 11) is 0. The molecule has 16 heavy (non-hydrogen) atoms. The van der Waals surface area contributed by atoms with Gasteiger partial charge in [0.1, 0.15) is 0 Å². The third kappa shape index (κ3) is 3.04. The van der Waals surface area contributed by atoms with Crippen molar-refractivity contribution < 1.29 is 14.9 Å². The quantitative estimate of drug-likeness (QED) is 0.760. The van der Waals surface area contributed by atoms with Gasteiger partial charge in [-0.3, -0.25) is 0 Å². The zero-order chi connectivity index (χ0) is 11.4. The lowest BCUT2D eigenvalue weighted by Crippen LogP contribution is -2.19. The fraction of sp³-hybridized carbons (Fsp3) is 0.538. The molecule has 3 atom stereocenters. The second kappa shape index (κ2) is 5.43. The summed E-state index contributed by atoms with van der Waals surface area (Å²) in [5.74, 6) is 0.524. The van der Waals surface area contributed by atoms with Crippen molar-refractivity contribution in [2.75, 3.05) is 13.2 Å². The van der Waals surface area contributed by atoms with Crippen LogP contribution in [0.4, 0.5) is 0 Å². The molecular weight excluding hydrogens is 204 g/mol. The van der Waals surface area contributed by atoms with Crippen LogP contribution in [-0.4, -0.2) is 29.5 Å². The minimum atomic E-state index is -0.430. The van der Waals surface area contributed by atoms with Gasteiger partial charge in [0.2, 0.25) is 0 Å². The monoisotopic (exact) mass is 222 g/mol. The van der Waals surface area contributed by atoms with Crippen LogP contribution >= 0.6 is 0 Å². The summed E-state index contributed by atoms with van der Waals surface area (Å²) < 4.78 is 5.44. The molecule has 1 aromatic rings. The van der Waals surface area contributed by atoms with Crippen LogP contribution in [0.15, 0.2) is 30.3 Å². The molecule has 0 amide bonds. The topological polar surface area (TPSA) is 49.7 Å². The van der Waals surface area contributed by atoms with Crippen molar-refractivity contribution in [3.8, 4) is 0 Å². The summed E-state index contributed by atoms with van der Waals surface area (Å²) in [6.07, 6.45) is 0.493. The van der Waals surface area contributed by atoms with E-state index in [0.29, 0.717) is 13.2 Å². The Kier molecular flexibility index (Phi) is 3.93. The van der Waals surface area contributed by atoms with Gasteiger partial charge in [-0.15, -0.1) is 0 Å². The minimum absolute atomic E-state index is 0.181. The Bertz CT molecular complexity index is 312. The first-order valence-corrected chi connectivity index (χ1v) is 5.72. The zero-order valence-corrected chi connectivity index (χ0v) is 9.25. The molecule has 3 nitrogen and oxygen atoms in total. The normalized spacial score (nSPS) is 25.4. The predicted octanol–water partition coefficient (Wildman–Crippen LogP) is 1.19. The van der Waals surface area contributed by atoms with Gasteiger partial charge in [0.15, 0.2) is 0 Å². The Hall–Kier alpha value is -0.900. The molecule has 0 aliphatic heterocycles. The Morgan fingerprint density at radius 2 is 2.06 bits per heavy atom. The first-order valence-electron chi connectivity index (χ1n) is 5.72. The Labute approximate surface area is 95.7 Å². The van der Waals surface area contributed by atoms with Crippen molar-refractivity contribution in [1.82, 2.24) is 0 Å². The van der Waals surface area contributed by atoms with E-state index in [1.165, 1.54) is 0 Å². The van der Waals surface area contributed by atoms with Gasteiger partial charge in [0.25, 0.3) is 0 Å². The molecule has 88 valence electrons. The largest absolute Gasteiger partial charge is 0.396 e. The van der Waals surface area contributed by atoms with Crippen molar-refractivity contribution in [3.63, 3.8) is 0 Å². The molecule has 1 aliphatic rings. The van der Waals surface area contributed by atoms with Crippen molar-refractivity contribution in [2.24, 2.45) is 11.8 Å². The fourth-order valence-electron chi connectivity index (χ4n) is 1.95. The number of hydrogen-bond donors (Lipinski definition) is 2. The lowest BCUT2D eigenvalue weighted by atomic mass is 10.2. The van der Waals surface area contributed by atoms with E-state index in [1.54, 1.807) is 0 Å². The van der Waals surface area contributed by atoms with Crippen molar-refractivity contribution in [3.05, 3.63) is 35.9 Å². The highest BCUT2D eigenvalue weighted by molar-refractivity contribution is 5.13. The van der Waals surface area contributed by atoms with Crippen molar-refractivity contribution in [2.45, 2.75) is 19.1 Å². The fourth-order valence-corrected chi connectivity index (χ4v) is 1.95. The third-order valence-corrected chi connectivity index (χ3v) is 3.11. The lowest BCUT2D eigenvalue weighted by Gasteiger charge is -2.10. The van der Waals surface area contributed by atoms with E-state index in [-0.39, 0.29) is 18.4 Å². The summed E-state index contributed by atoms with van der Waals surface area (Å²) >= 11 is 0. The summed E-state index contributed by atoms with van der Waals surface area (Å²) in [6.45, 7) is 1.07. The minimum Gasteiger partial charge on any atom is -0.396 e. The maximum Gasteiger partial charge on any atom is 0.0805 e. The first-order chi connectivity index (χ1) is 7.81. The lowest BCUT2D eigenvalue weighted by molar-refractivity contribution is 0.0135. The highest BCUT2D eigenvalue weighted by Gasteiger charge is 2.41. The van der Waals surface area contributed by atoms with Crippen LogP contribution in [0.5, 0.6) is 0 Å². The van der Waals surface area contributed by atoms with Crippen LogP contribution in [0.25, 0.3) is 0 Å². The SMILES string of the molecule is OC[C@@H]1C[C@H]1C(O)COCc1ccccc1. The van der Waals surface area contributed by atoms with Gasteiger partial charge in [-0.1, -0.05) is 30.3 Å². The summed E-state index contributed by atoms with van der Waals surface area (Å²) in [4.78, 5) is 0. The van der Waals surface area contributed by atoms with Crippen LogP contribution < -0.4 is 0 Å². The van der Waals surface area contributed by atoms with Crippen molar-refractivity contribution in [1.29, 1.82) is 0 Å². The van der Waals surface area contributed by atoms with Gasteiger partial charge in [-0.2, -0.15) is 0 Å². The second-order valence-electron chi connectivity index (χ2n) is 4.41. The average Bonchev–Trinajstić information content (AvgIpc) is 3.09. The number of benzene rings is 1. The molecule has 0 aromatic heterocycles. The molecule has 0 heterocycles. The molecule has 1 unspecified atom stereocenters. The van der Waals surface area contributed by atoms with Gasteiger partial charge < -0.3 is 14.9 Å². The molecule has 0 bridgehead atoms. The molecule has 0 saturated heterocycles. The molecule has 2 rings (SSSR count). The van der Waals surface area contributed by atoms with Gasteiger partial charge >= 0.3 is 0 Å². The Morgan fingerprint density at radius 1 is 1.31 bits per heavy atom. The first kappa shape index (κ1) is 11.6. The number of ether oxygens (including phenoxy) is 1. The molecular formula is C13H18O3. The van der Waals surface area contributed by atoms with Crippen LogP contribution in [0.3, 0.4) is 0 Å². The third-order valence-electron chi connectivity index (χ3n) is 3.11. The van der Waals surface area contributed by atoms with Gasteiger partial charge in [0.05, 0.1) is 19.3 Å². The highest BCUT2D eigenvalue weighted by atomic mass is 16.5. The predicted molar refractivity (Wildman–Crippen MR) is 60.8 cm³/mol. The maximum absolute atomic E-state index is 9.73. The van der Waals surface area contributed by atoms with Crippen LogP contribution in [-0.2, 0) is 11.3 Å². The Morgan fingerprint density at radius 3 is 2.69 bits per heavy atom. The van der Waals surface area contributed by atoms with Crippen molar-refractivity contribution >= 4 is 0 Å². The van der Waals surface area contributed by atoms with E-state index >= 15 is 0 Å². The smallest absolute Gasteiger partial charge is 0.0805 e. The molecule has 1 aromatic carbocycles. The summed E-state index contributed by atoms with van der Waals surface area (Å²) in [6, 6.07) is 9.91. The maximum atomic E-state index is 9.73. The van der Waals surface area contributed by atoms with Crippen LogP contribution in [0.1, 0.15) is 12.0 Å². The molecule has 0 radical (unpaired) electrons. The van der Waals surface area contributed by atoms with Gasteiger partial charge in [0, 0.05) is 6.61 Å². The molecule has 1 saturated carbocycles. The van der Waals surface area contributed by atoms with E-state index in [1.807, 2.05) is 30.3 Å². The number of aliphatic hydroxyl groups is 2. The Balaban J connectivity index is 1.65. The molecule has 2 N–H and O–H groups in total. The van der Waals surface area contributed by atoms with Gasteiger partial charge in [-0.05, 0) is 23.8 Å². The zero-order valence-electron chi connectivity index (χ0n) is 9.25. The standard InChI is InChI=1S/C13H18O3/c14-7-11-6-12(11)13(15)9-16-8-10-4-2-1-3-5-10/h1-5,11-15H,6-9H2/t11-,12+,13?/m0/s1. The number of aliphatic hydroxyl groups excluding tert-OH is 2. The van der Waals surface area contributed by atoms with E-state index in [0.717, 1.165) is 12.0 Å². The van der Waals surface area contributed by atoms with Gasteiger partial charge in [-0.25, -0.2) is 0 Å². The number of rotatable bonds is 6. The number of hydrogen-bond acceptors (Lipinski definition) is 3.